The lowest BCUT2D eigenvalue weighted by atomic mass is 10.1. The highest BCUT2D eigenvalue weighted by atomic mass is 79.9. The number of para-hydroxylation sites is 1. The second-order valence-corrected chi connectivity index (χ2v) is 5.23. The first-order valence-electron chi connectivity index (χ1n) is 5.79. The van der Waals surface area contributed by atoms with Gasteiger partial charge < -0.3 is 9.84 Å². The molecule has 2 rings (SSSR count). The molecule has 0 amide bonds. The number of aliphatic carboxylic acids is 1. The maximum atomic E-state index is 10.6. The first kappa shape index (κ1) is 12.4. The molecule has 1 fully saturated rings. The summed E-state index contributed by atoms with van der Waals surface area (Å²) in [7, 11) is 0. The van der Waals surface area contributed by atoms with E-state index < -0.39 is 5.97 Å². The molecule has 4 heteroatoms. The molecule has 0 aromatic heterocycles. The van der Waals surface area contributed by atoms with Crippen LogP contribution in [-0.2, 0) is 11.2 Å². The largest absolute Gasteiger partial charge is 0.492 e. The number of halogens is 1. The van der Waals surface area contributed by atoms with Gasteiger partial charge in [0.15, 0.2) is 0 Å². The number of ether oxygens (including phenoxy) is 1. The van der Waals surface area contributed by atoms with Crippen LogP contribution in [0.25, 0.3) is 0 Å². The fraction of sp³-hybridized carbons (Fsp3) is 0.462. The Morgan fingerprint density at radius 2 is 2.24 bits per heavy atom. The van der Waals surface area contributed by atoms with E-state index in [1.807, 2.05) is 18.2 Å². The maximum absolute atomic E-state index is 10.6. The van der Waals surface area contributed by atoms with Crippen LogP contribution in [0.5, 0.6) is 5.75 Å². The second kappa shape index (κ2) is 5.54. The molecule has 1 saturated carbocycles. The lowest BCUT2D eigenvalue weighted by Gasteiger charge is -2.12. The smallest absolute Gasteiger partial charge is 0.303 e. The van der Waals surface area contributed by atoms with Gasteiger partial charge in [0.2, 0.25) is 0 Å². The Balaban J connectivity index is 2.05. The third kappa shape index (κ3) is 3.73. The van der Waals surface area contributed by atoms with Crippen LogP contribution in [0.4, 0.5) is 0 Å². The van der Waals surface area contributed by atoms with Crippen molar-refractivity contribution in [3.63, 3.8) is 0 Å². The Bertz CT molecular complexity index is 413. The van der Waals surface area contributed by atoms with Crippen LogP contribution in [0.1, 0.15) is 24.8 Å². The van der Waals surface area contributed by atoms with Gasteiger partial charge in [-0.1, -0.05) is 12.1 Å². The lowest BCUT2D eigenvalue weighted by Crippen LogP contribution is -2.04. The van der Waals surface area contributed by atoms with Crippen LogP contribution in [0, 0.1) is 5.92 Å². The zero-order valence-electron chi connectivity index (χ0n) is 9.49. The molecule has 0 bridgehead atoms. The highest BCUT2D eigenvalue weighted by Gasteiger charge is 2.23. The molecule has 0 radical (unpaired) electrons. The van der Waals surface area contributed by atoms with E-state index in [1.165, 1.54) is 12.8 Å². The molecule has 1 N–H and O–H groups in total. The third-order valence-corrected chi connectivity index (χ3v) is 3.44. The van der Waals surface area contributed by atoms with E-state index in [0.29, 0.717) is 12.3 Å². The molecule has 0 heterocycles. The van der Waals surface area contributed by atoms with E-state index >= 15 is 0 Å². The minimum atomic E-state index is -0.780. The molecule has 1 aliphatic carbocycles. The third-order valence-electron chi connectivity index (χ3n) is 2.82. The molecule has 0 aliphatic heterocycles. The summed E-state index contributed by atoms with van der Waals surface area (Å²) >= 11 is 3.45. The average Bonchev–Trinajstić information content (AvgIpc) is 3.08. The number of aryl methyl sites for hydroxylation is 1. The summed E-state index contributed by atoms with van der Waals surface area (Å²) in [5, 5.41) is 8.71. The fourth-order valence-corrected chi connectivity index (χ4v) is 2.16. The number of hydrogen-bond donors (Lipinski definition) is 1. The number of carbonyl (C=O) groups is 1. The first-order valence-corrected chi connectivity index (χ1v) is 6.58. The molecule has 0 saturated heterocycles. The van der Waals surface area contributed by atoms with Gasteiger partial charge in [0, 0.05) is 6.42 Å². The van der Waals surface area contributed by atoms with E-state index in [-0.39, 0.29) is 6.42 Å². The van der Waals surface area contributed by atoms with Gasteiger partial charge in [-0.25, -0.2) is 0 Å². The van der Waals surface area contributed by atoms with Crippen molar-refractivity contribution < 1.29 is 14.6 Å². The Morgan fingerprint density at radius 3 is 2.88 bits per heavy atom. The van der Waals surface area contributed by atoms with E-state index in [4.69, 9.17) is 9.84 Å². The Kier molecular flexibility index (Phi) is 4.05. The minimum Gasteiger partial charge on any atom is -0.492 e. The number of carboxylic acids is 1. The van der Waals surface area contributed by atoms with Crippen molar-refractivity contribution in [2.45, 2.75) is 25.7 Å². The van der Waals surface area contributed by atoms with Crippen LogP contribution in [0.2, 0.25) is 0 Å². The predicted molar refractivity (Wildman–Crippen MR) is 68.3 cm³/mol. The van der Waals surface area contributed by atoms with E-state index in [2.05, 4.69) is 15.9 Å². The van der Waals surface area contributed by atoms with E-state index in [0.717, 1.165) is 22.4 Å². The molecule has 17 heavy (non-hydrogen) atoms. The molecule has 1 aliphatic rings. The molecule has 0 spiro atoms. The normalized spacial score (nSPS) is 14.6. The monoisotopic (exact) mass is 298 g/mol. The SMILES string of the molecule is O=C(O)CCc1cccc(Br)c1OCC1CC1. The highest BCUT2D eigenvalue weighted by Crippen LogP contribution is 2.34. The van der Waals surface area contributed by atoms with Crippen molar-refractivity contribution >= 4 is 21.9 Å². The van der Waals surface area contributed by atoms with Gasteiger partial charge >= 0.3 is 5.97 Å². The van der Waals surface area contributed by atoms with Crippen molar-refractivity contribution in [2.24, 2.45) is 5.92 Å². The van der Waals surface area contributed by atoms with Crippen LogP contribution in [-0.4, -0.2) is 17.7 Å². The number of carboxylic acid groups (broad SMARTS) is 1. The molecular formula is C13H15BrO3. The van der Waals surface area contributed by atoms with Crippen LogP contribution >= 0.6 is 15.9 Å². The molecular weight excluding hydrogens is 284 g/mol. The number of benzene rings is 1. The van der Waals surface area contributed by atoms with Gasteiger partial charge in [-0.05, 0) is 52.7 Å². The van der Waals surface area contributed by atoms with Crippen molar-refractivity contribution in [2.75, 3.05) is 6.61 Å². The van der Waals surface area contributed by atoms with Crippen LogP contribution in [0.3, 0.4) is 0 Å². The number of rotatable bonds is 6. The molecule has 0 atom stereocenters. The first-order chi connectivity index (χ1) is 8.16. The van der Waals surface area contributed by atoms with Gasteiger partial charge in [-0.15, -0.1) is 0 Å². The molecule has 0 unspecified atom stereocenters. The van der Waals surface area contributed by atoms with Gasteiger partial charge in [-0.2, -0.15) is 0 Å². The van der Waals surface area contributed by atoms with Crippen molar-refractivity contribution in [3.8, 4) is 5.75 Å². The van der Waals surface area contributed by atoms with Crippen molar-refractivity contribution in [1.29, 1.82) is 0 Å². The van der Waals surface area contributed by atoms with Gasteiger partial charge in [-0.3, -0.25) is 4.79 Å². The summed E-state index contributed by atoms with van der Waals surface area (Å²) in [6.07, 6.45) is 3.13. The average molecular weight is 299 g/mol. The summed E-state index contributed by atoms with van der Waals surface area (Å²) in [5.74, 6) is 0.716. The zero-order valence-corrected chi connectivity index (χ0v) is 11.1. The summed E-state index contributed by atoms with van der Waals surface area (Å²) in [4.78, 5) is 10.6. The molecule has 1 aromatic rings. The Hall–Kier alpha value is -1.03. The summed E-state index contributed by atoms with van der Waals surface area (Å²) < 4.78 is 6.69. The molecule has 1 aromatic carbocycles. The minimum absolute atomic E-state index is 0.135. The van der Waals surface area contributed by atoms with E-state index in [9.17, 15) is 4.79 Å². The predicted octanol–water partition coefficient (Wildman–Crippen LogP) is 3.26. The topological polar surface area (TPSA) is 46.5 Å². The lowest BCUT2D eigenvalue weighted by molar-refractivity contribution is -0.136. The van der Waals surface area contributed by atoms with Crippen LogP contribution < -0.4 is 4.74 Å². The summed E-state index contributed by atoms with van der Waals surface area (Å²) in [6.45, 7) is 0.739. The Labute approximate surface area is 109 Å². The van der Waals surface area contributed by atoms with Gasteiger partial charge in [0.05, 0.1) is 11.1 Å². The van der Waals surface area contributed by atoms with Crippen LogP contribution in [0.15, 0.2) is 22.7 Å². The van der Waals surface area contributed by atoms with Gasteiger partial charge in [0.1, 0.15) is 5.75 Å². The van der Waals surface area contributed by atoms with Crippen molar-refractivity contribution in [1.82, 2.24) is 0 Å². The van der Waals surface area contributed by atoms with Crippen molar-refractivity contribution in [3.05, 3.63) is 28.2 Å². The van der Waals surface area contributed by atoms with E-state index in [1.54, 1.807) is 0 Å². The highest BCUT2D eigenvalue weighted by molar-refractivity contribution is 9.10. The summed E-state index contributed by atoms with van der Waals surface area (Å²) in [5.41, 5.74) is 0.961. The summed E-state index contributed by atoms with van der Waals surface area (Å²) in [6, 6.07) is 5.76. The quantitative estimate of drug-likeness (QED) is 0.877. The number of hydrogen-bond acceptors (Lipinski definition) is 2. The van der Waals surface area contributed by atoms with Gasteiger partial charge in [0.25, 0.3) is 0 Å². The second-order valence-electron chi connectivity index (χ2n) is 4.38. The fourth-order valence-electron chi connectivity index (χ4n) is 1.64. The molecule has 3 nitrogen and oxygen atoms in total. The Morgan fingerprint density at radius 1 is 1.47 bits per heavy atom. The maximum Gasteiger partial charge on any atom is 0.303 e. The molecule has 92 valence electrons. The zero-order chi connectivity index (χ0) is 12.3. The standard InChI is InChI=1S/C13H15BrO3/c14-11-3-1-2-10(6-7-12(15)16)13(11)17-8-9-4-5-9/h1-3,9H,4-8H2,(H,15,16).